The van der Waals surface area contributed by atoms with Crippen molar-refractivity contribution in [3.8, 4) is 0 Å². The molecule has 2 N–H and O–H groups in total. The van der Waals surface area contributed by atoms with Crippen LogP contribution >= 0.6 is 11.6 Å². The molecule has 6 nitrogen and oxygen atoms in total. The van der Waals surface area contributed by atoms with Gasteiger partial charge in [0.25, 0.3) is 11.8 Å². The minimum atomic E-state index is -0.813. The number of hydrogen-bond acceptors (Lipinski definition) is 4. The van der Waals surface area contributed by atoms with Crippen LogP contribution in [0, 0.1) is 5.92 Å². The van der Waals surface area contributed by atoms with Crippen LogP contribution in [0.15, 0.2) is 24.3 Å². The lowest BCUT2D eigenvalue weighted by molar-refractivity contribution is -0.150. The number of hydrogen-bond donors (Lipinski definition) is 2. The van der Waals surface area contributed by atoms with Crippen LogP contribution in [-0.2, 0) is 14.3 Å². The van der Waals surface area contributed by atoms with Gasteiger partial charge < -0.3 is 15.4 Å². The zero-order valence-electron chi connectivity index (χ0n) is 15.8. The quantitative estimate of drug-likeness (QED) is 0.663. The van der Waals surface area contributed by atoms with Gasteiger partial charge in [0.15, 0.2) is 6.61 Å². The van der Waals surface area contributed by atoms with Crippen molar-refractivity contribution in [3.05, 3.63) is 34.9 Å². The number of carbonyl (C=O) groups excluding carboxylic acids is 3. The van der Waals surface area contributed by atoms with E-state index in [1.807, 2.05) is 13.8 Å². The van der Waals surface area contributed by atoms with Crippen LogP contribution in [0.3, 0.4) is 0 Å². The van der Waals surface area contributed by atoms with Crippen LogP contribution < -0.4 is 10.6 Å². The van der Waals surface area contributed by atoms with Crippen molar-refractivity contribution in [1.82, 2.24) is 10.6 Å². The number of amides is 2. The molecule has 2 amide bonds. The lowest BCUT2D eigenvalue weighted by Gasteiger charge is -2.20. The first-order valence-electron chi connectivity index (χ1n) is 9.37. The maximum atomic E-state index is 12.4. The van der Waals surface area contributed by atoms with Crippen molar-refractivity contribution < 1.29 is 19.1 Å². The minimum Gasteiger partial charge on any atom is -0.454 e. The third-order valence-electron chi connectivity index (χ3n) is 4.47. The van der Waals surface area contributed by atoms with Crippen LogP contribution in [0.5, 0.6) is 0 Å². The Morgan fingerprint density at radius 3 is 2.37 bits per heavy atom. The van der Waals surface area contributed by atoms with Gasteiger partial charge in [0.1, 0.15) is 6.04 Å². The minimum absolute atomic E-state index is 0.167. The molecular formula is C20H27ClN2O4. The molecule has 0 heterocycles. The fourth-order valence-electron chi connectivity index (χ4n) is 3.11. The van der Waals surface area contributed by atoms with Crippen LogP contribution in [0.4, 0.5) is 0 Å². The second-order valence-electron chi connectivity index (χ2n) is 7.32. The van der Waals surface area contributed by atoms with Crippen LogP contribution in [-0.4, -0.2) is 36.5 Å². The molecule has 7 heteroatoms. The van der Waals surface area contributed by atoms with Crippen LogP contribution in [0.1, 0.15) is 56.3 Å². The highest BCUT2D eigenvalue weighted by Crippen LogP contribution is 2.17. The smallest absolute Gasteiger partial charge is 0.329 e. The van der Waals surface area contributed by atoms with Gasteiger partial charge in [-0.2, -0.15) is 0 Å². The lowest BCUT2D eigenvalue weighted by Crippen LogP contribution is -2.44. The van der Waals surface area contributed by atoms with Gasteiger partial charge in [-0.25, -0.2) is 4.79 Å². The molecule has 2 rings (SSSR count). The van der Waals surface area contributed by atoms with E-state index in [9.17, 15) is 14.4 Å². The van der Waals surface area contributed by atoms with Gasteiger partial charge in [-0.15, -0.1) is 0 Å². The molecule has 27 heavy (non-hydrogen) atoms. The van der Waals surface area contributed by atoms with Gasteiger partial charge >= 0.3 is 5.97 Å². The number of nitrogens with one attached hydrogen (secondary N) is 2. The van der Waals surface area contributed by atoms with Crippen molar-refractivity contribution >= 4 is 29.4 Å². The average molecular weight is 395 g/mol. The molecule has 1 saturated carbocycles. The Morgan fingerprint density at radius 2 is 1.78 bits per heavy atom. The first kappa shape index (κ1) is 21.2. The molecule has 1 aromatic carbocycles. The van der Waals surface area contributed by atoms with Gasteiger partial charge in [-0.05, 0) is 49.4 Å². The fraction of sp³-hybridized carbons (Fsp3) is 0.550. The normalized spacial score (nSPS) is 15.4. The third-order valence-corrected chi connectivity index (χ3v) is 4.72. The Morgan fingerprint density at radius 1 is 1.15 bits per heavy atom. The lowest BCUT2D eigenvalue weighted by atomic mass is 10.0. The molecule has 1 aromatic rings. The highest BCUT2D eigenvalue weighted by Gasteiger charge is 2.25. The second-order valence-corrected chi connectivity index (χ2v) is 7.76. The van der Waals surface area contributed by atoms with E-state index < -0.39 is 12.0 Å². The molecule has 1 aliphatic rings. The van der Waals surface area contributed by atoms with E-state index in [1.54, 1.807) is 24.3 Å². The van der Waals surface area contributed by atoms with Crippen molar-refractivity contribution in [1.29, 1.82) is 0 Å². The van der Waals surface area contributed by atoms with Gasteiger partial charge in [0.05, 0.1) is 0 Å². The summed E-state index contributed by atoms with van der Waals surface area (Å²) in [6.07, 6.45) is 4.57. The Kier molecular flexibility index (Phi) is 8.10. The molecule has 1 atom stereocenters. The molecular weight excluding hydrogens is 368 g/mol. The highest BCUT2D eigenvalue weighted by molar-refractivity contribution is 6.30. The summed E-state index contributed by atoms with van der Waals surface area (Å²) in [5.41, 5.74) is 0.403. The summed E-state index contributed by atoms with van der Waals surface area (Å²) in [5, 5.41) is 6.09. The molecule has 0 unspecified atom stereocenters. The number of halogens is 1. The topological polar surface area (TPSA) is 84.5 Å². The molecule has 0 aromatic heterocycles. The second kappa shape index (κ2) is 10.3. The van der Waals surface area contributed by atoms with E-state index in [-0.39, 0.29) is 30.4 Å². The summed E-state index contributed by atoms with van der Waals surface area (Å²) in [7, 11) is 0. The first-order valence-corrected chi connectivity index (χ1v) is 9.75. The molecule has 1 fully saturated rings. The fourth-order valence-corrected chi connectivity index (χ4v) is 3.23. The standard InChI is InChI=1S/C20H27ClN2O4/c1-13(2)11-17(23-19(25)14-7-9-15(21)10-8-14)20(26)27-12-18(24)22-16-5-3-4-6-16/h7-10,13,16-17H,3-6,11-12H2,1-2H3,(H,22,24)(H,23,25)/t17-/m1/s1. The van der Waals surface area contributed by atoms with E-state index in [0.29, 0.717) is 17.0 Å². The Bertz CT molecular complexity index is 654. The number of carbonyl (C=O) groups is 3. The summed E-state index contributed by atoms with van der Waals surface area (Å²) in [6.45, 7) is 3.56. The van der Waals surface area contributed by atoms with E-state index >= 15 is 0 Å². The Labute approximate surface area is 165 Å². The monoisotopic (exact) mass is 394 g/mol. The van der Waals surface area contributed by atoms with Gasteiger partial charge in [-0.1, -0.05) is 38.3 Å². The van der Waals surface area contributed by atoms with E-state index in [2.05, 4.69) is 10.6 Å². The Hall–Kier alpha value is -2.08. The highest BCUT2D eigenvalue weighted by atomic mass is 35.5. The number of esters is 1. The third kappa shape index (κ3) is 7.21. The van der Waals surface area contributed by atoms with E-state index in [1.165, 1.54) is 0 Å². The maximum absolute atomic E-state index is 12.4. The summed E-state index contributed by atoms with van der Waals surface area (Å²) in [4.78, 5) is 36.7. The zero-order valence-corrected chi connectivity index (χ0v) is 16.6. The van der Waals surface area contributed by atoms with Gasteiger partial charge in [0.2, 0.25) is 0 Å². The van der Waals surface area contributed by atoms with Crippen molar-refractivity contribution in [2.45, 2.75) is 58.0 Å². The number of ether oxygens (including phenoxy) is 1. The van der Waals surface area contributed by atoms with Crippen molar-refractivity contribution in [2.24, 2.45) is 5.92 Å². The summed E-state index contributed by atoms with van der Waals surface area (Å²) < 4.78 is 5.15. The van der Waals surface area contributed by atoms with Gasteiger partial charge in [-0.3, -0.25) is 9.59 Å². The SMILES string of the molecule is CC(C)C[C@@H](NC(=O)c1ccc(Cl)cc1)C(=O)OCC(=O)NC1CCCC1. The predicted octanol–water partition coefficient (Wildman–Crippen LogP) is 3.09. The summed E-state index contributed by atoms with van der Waals surface area (Å²) in [5.74, 6) is -1.12. The molecule has 0 saturated heterocycles. The maximum Gasteiger partial charge on any atom is 0.329 e. The number of benzene rings is 1. The molecule has 0 aliphatic heterocycles. The zero-order chi connectivity index (χ0) is 19.8. The Balaban J connectivity index is 1.89. The van der Waals surface area contributed by atoms with Crippen LogP contribution in [0.25, 0.3) is 0 Å². The van der Waals surface area contributed by atoms with Crippen molar-refractivity contribution in [2.75, 3.05) is 6.61 Å². The molecule has 1 aliphatic carbocycles. The van der Waals surface area contributed by atoms with E-state index in [4.69, 9.17) is 16.3 Å². The van der Waals surface area contributed by atoms with Crippen LogP contribution in [0.2, 0.25) is 5.02 Å². The van der Waals surface area contributed by atoms with Gasteiger partial charge in [0, 0.05) is 16.6 Å². The predicted molar refractivity (Wildman–Crippen MR) is 104 cm³/mol. The molecule has 0 radical (unpaired) electrons. The summed E-state index contributed by atoms with van der Waals surface area (Å²) in [6, 6.07) is 5.76. The first-order chi connectivity index (χ1) is 12.8. The molecule has 0 bridgehead atoms. The molecule has 0 spiro atoms. The van der Waals surface area contributed by atoms with E-state index in [0.717, 1.165) is 25.7 Å². The summed E-state index contributed by atoms with van der Waals surface area (Å²) >= 11 is 5.83. The van der Waals surface area contributed by atoms with Crippen molar-refractivity contribution in [3.63, 3.8) is 0 Å². The largest absolute Gasteiger partial charge is 0.454 e. The average Bonchev–Trinajstić information content (AvgIpc) is 3.12. The molecule has 148 valence electrons. The number of rotatable bonds is 8.